The molecule has 0 bridgehead atoms. The highest BCUT2D eigenvalue weighted by molar-refractivity contribution is 8.13. The summed E-state index contributed by atoms with van der Waals surface area (Å²) < 4.78 is 11.7. The smallest absolute Gasteiger partial charge is 0.138 e. The molecule has 2 nitrogen and oxygen atoms in total. The molecule has 3 atom stereocenters. The first kappa shape index (κ1) is 15.5. The first-order valence-electron chi connectivity index (χ1n) is 6.76. The van der Waals surface area contributed by atoms with Crippen LogP contribution in [0.15, 0.2) is 48.6 Å². The molecule has 1 unspecified atom stereocenters. The van der Waals surface area contributed by atoms with Gasteiger partial charge in [0.05, 0.1) is 0 Å². The molecule has 0 aromatic heterocycles. The van der Waals surface area contributed by atoms with Gasteiger partial charge in [-0.3, -0.25) is 4.21 Å². The Bertz CT molecular complexity index is 510. The number of aliphatic hydroxyl groups is 1. The lowest BCUT2D eigenvalue weighted by atomic mass is 10.1. The lowest BCUT2D eigenvalue weighted by Crippen LogP contribution is -2.44. The van der Waals surface area contributed by atoms with Crippen molar-refractivity contribution in [1.82, 2.24) is 0 Å². The van der Waals surface area contributed by atoms with Crippen LogP contribution in [0.2, 0.25) is 0 Å². The summed E-state index contributed by atoms with van der Waals surface area (Å²) in [6.07, 6.45) is 7.63. The van der Waals surface area contributed by atoms with Gasteiger partial charge in [0.15, 0.2) is 0 Å². The van der Waals surface area contributed by atoms with E-state index in [4.69, 9.17) is 0 Å². The number of thioether (sulfide) groups is 1. The predicted molar refractivity (Wildman–Crippen MR) is 89.1 cm³/mol. The van der Waals surface area contributed by atoms with Crippen LogP contribution in [0.4, 0.5) is 0 Å². The molecule has 1 aliphatic heterocycles. The second kappa shape index (κ2) is 7.25. The summed E-state index contributed by atoms with van der Waals surface area (Å²) in [6, 6.07) is 9.84. The van der Waals surface area contributed by atoms with Crippen LogP contribution in [0, 0.1) is 0 Å². The molecule has 1 fully saturated rings. The molecule has 108 valence electrons. The molecule has 0 saturated carbocycles. The molecule has 1 N–H and O–H groups in total. The Labute approximate surface area is 127 Å². The molecule has 2 rings (SSSR count). The van der Waals surface area contributed by atoms with E-state index < -0.39 is 21.0 Å². The SMILES string of the molecule is C/C=C/[C@]1([C@H](O)/C=C/c2ccccc2)SCCCS1=O. The average Bonchev–Trinajstić information content (AvgIpc) is 2.48. The number of allylic oxidation sites excluding steroid dienone is 1. The molecule has 0 radical (unpaired) electrons. The second-order valence-corrected chi connectivity index (χ2v) is 8.09. The number of aliphatic hydroxyl groups excluding tert-OH is 1. The van der Waals surface area contributed by atoms with Crippen LogP contribution in [-0.2, 0) is 10.8 Å². The summed E-state index contributed by atoms with van der Waals surface area (Å²) in [5, 5.41) is 10.5. The van der Waals surface area contributed by atoms with E-state index in [-0.39, 0.29) is 0 Å². The Hall–Kier alpha value is -0.840. The van der Waals surface area contributed by atoms with E-state index in [1.807, 2.05) is 55.5 Å². The van der Waals surface area contributed by atoms with Gasteiger partial charge >= 0.3 is 0 Å². The van der Waals surface area contributed by atoms with Crippen molar-refractivity contribution in [2.24, 2.45) is 0 Å². The average molecular weight is 308 g/mol. The highest BCUT2D eigenvalue weighted by Gasteiger charge is 2.42. The van der Waals surface area contributed by atoms with Gasteiger partial charge in [-0.25, -0.2) is 0 Å². The molecular formula is C16H20O2S2. The molecule has 1 aromatic rings. The number of rotatable bonds is 4. The molecular weight excluding hydrogens is 288 g/mol. The minimum absolute atomic E-state index is 0.660. The molecule has 20 heavy (non-hydrogen) atoms. The van der Waals surface area contributed by atoms with Gasteiger partial charge in [-0.2, -0.15) is 0 Å². The van der Waals surface area contributed by atoms with Crippen molar-refractivity contribution in [3.63, 3.8) is 0 Å². The third-order valence-corrected chi connectivity index (χ3v) is 7.22. The van der Waals surface area contributed by atoms with E-state index >= 15 is 0 Å². The molecule has 1 aliphatic rings. The van der Waals surface area contributed by atoms with Crippen LogP contribution in [0.1, 0.15) is 18.9 Å². The molecule has 0 amide bonds. The van der Waals surface area contributed by atoms with Crippen LogP contribution in [0.5, 0.6) is 0 Å². The third kappa shape index (κ3) is 3.43. The number of hydrogen-bond acceptors (Lipinski definition) is 3. The summed E-state index contributed by atoms with van der Waals surface area (Å²) in [5.41, 5.74) is 1.04. The van der Waals surface area contributed by atoms with E-state index in [0.717, 1.165) is 17.7 Å². The van der Waals surface area contributed by atoms with Gasteiger partial charge in [0.1, 0.15) is 10.2 Å². The third-order valence-electron chi connectivity index (χ3n) is 3.24. The van der Waals surface area contributed by atoms with Crippen molar-refractivity contribution >= 4 is 28.6 Å². The second-order valence-electron chi connectivity index (χ2n) is 4.69. The number of hydrogen-bond donors (Lipinski definition) is 1. The minimum Gasteiger partial charge on any atom is -0.386 e. The first-order valence-corrected chi connectivity index (χ1v) is 9.07. The fourth-order valence-electron chi connectivity index (χ4n) is 2.22. The maximum absolute atomic E-state index is 12.4. The van der Waals surface area contributed by atoms with Gasteiger partial charge in [0.2, 0.25) is 0 Å². The van der Waals surface area contributed by atoms with Crippen molar-refractivity contribution < 1.29 is 9.32 Å². The normalized spacial score (nSPS) is 29.0. The summed E-state index contributed by atoms with van der Waals surface area (Å²) in [4.78, 5) is 0. The van der Waals surface area contributed by atoms with Gasteiger partial charge < -0.3 is 5.11 Å². The highest BCUT2D eigenvalue weighted by atomic mass is 32.2. The zero-order valence-corrected chi connectivity index (χ0v) is 13.2. The maximum Gasteiger partial charge on any atom is 0.138 e. The summed E-state index contributed by atoms with van der Waals surface area (Å²) in [7, 11) is -1.05. The highest BCUT2D eigenvalue weighted by Crippen LogP contribution is 2.39. The zero-order valence-electron chi connectivity index (χ0n) is 11.6. The Morgan fingerprint density at radius 3 is 2.80 bits per heavy atom. The lowest BCUT2D eigenvalue weighted by Gasteiger charge is -2.35. The molecule has 1 heterocycles. The standard InChI is InChI=1S/C16H20O2S2/c1-2-11-16(19-12-6-13-20(16)18)15(17)10-9-14-7-4-3-5-8-14/h2-5,7-11,15,17H,6,12-13H2,1H3/b10-9+,11-2+/t15-,16+,20?/m1/s1. The Kier molecular flexibility index (Phi) is 5.64. The van der Waals surface area contributed by atoms with E-state index in [1.54, 1.807) is 17.8 Å². The van der Waals surface area contributed by atoms with Crippen LogP contribution in [-0.4, -0.2) is 31.0 Å². The molecule has 1 aromatic carbocycles. The van der Waals surface area contributed by atoms with Crippen molar-refractivity contribution in [2.75, 3.05) is 11.5 Å². The summed E-state index contributed by atoms with van der Waals surface area (Å²) in [6.45, 7) is 1.90. The largest absolute Gasteiger partial charge is 0.386 e. The zero-order chi connectivity index (χ0) is 14.4. The van der Waals surface area contributed by atoms with Gasteiger partial charge in [-0.05, 0) is 24.7 Å². The van der Waals surface area contributed by atoms with E-state index in [0.29, 0.717) is 5.75 Å². The van der Waals surface area contributed by atoms with Gasteiger partial charge in [0, 0.05) is 16.6 Å². The van der Waals surface area contributed by atoms with Gasteiger partial charge in [-0.15, -0.1) is 11.8 Å². The summed E-state index contributed by atoms with van der Waals surface area (Å²) in [5.74, 6) is 1.60. The van der Waals surface area contributed by atoms with Crippen molar-refractivity contribution in [3.05, 3.63) is 54.1 Å². The quantitative estimate of drug-likeness (QED) is 0.868. The number of benzene rings is 1. The van der Waals surface area contributed by atoms with Gasteiger partial charge in [-0.1, -0.05) is 54.6 Å². The maximum atomic E-state index is 12.4. The Morgan fingerprint density at radius 2 is 2.15 bits per heavy atom. The van der Waals surface area contributed by atoms with Crippen molar-refractivity contribution in [1.29, 1.82) is 0 Å². The van der Waals surface area contributed by atoms with Crippen LogP contribution in [0.25, 0.3) is 6.08 Å². The Morgan fingerprint density at radius 1 is 1.40 bits per heavy atom. The molecule has 0 aliphatic carbocycles. The first-order chi connectivity index (χ1) is 9.69. The molecule has 4 heteroatoms. The van der Waals surface area contributed by atoms with E-state index in [1.165, 1.54) is 0 Å². The monoisotopic (exact) mass is 308 g/mol. The lowest BCUT2D eigenvalue weighted by molar-refractivity contribution is 0.221. The fourth-order valence-corrected chi connectivity index (χ4v) is 5.88. The molecule has 1 saturated heterocycles. The van der Waals surface area contributed by atoms with E-state index in [2.05, 4.69) is 0 Å². The van der Waals surface area contributed by atoms with Crippen LogP contribution >= 0.6 is 11.8 Å². The van der Waals surface area contributed by atoms with Crippen LogP contribution < -0.4 is 0 Å². The van der Waals surface area contributed by atoms with Crippen molar-refractivity contribution in [2.45, 2.75) is 23.5 Å². The topological polar surface area (TPSA) is 37.3 Å². The van der Waals surface area contributed by atoms with Crippen molar-refractivity contribution in [3.8, 4) is 0 Å². The minimum atomic E-state index is -1.05. The molecule has 0 spiro atoms. The van der Waals surface area contributed by atoms with E-state index in [9.17, 15) is 9.32 Å². The Balaban J connectivity index is 2.21. The van der Waals surface area contributed by atoms with Gasteiger partial charge in [0.25, 0.3) is 0 Å². The van der Waals surface area contributed by atoms with Crippen LogP contribution in [0.3, 0.4) is 0 Å². The fraction of sp³-hybridized carbons (Fsp3) is 0.375. The summed E-state index contributed by atoms with van der Waals surface area (Å²) >= 11 is 1.60. The predicted octanol–water partition coefficient (Wildman–Crippen LogP) is 3.22.